The molecule has 0 spiro atoms. The second-order valence-electron chi connectivity index (χ2n) is 4.48. The minimum atomic E-state index is 0.775. The summed E-state index contributed by atoms with van der Waals surface area (Å²) < 4.78 is 2.18. The second kappa shape index (κ2) is 4.42. The zero-order valence-corrected chi connectivity index (χ0v) is 10.1. The van der Waals surface area contributed by atoms with Gasteiger partial charge in [0.15, 0.2) is 0 Å². The van der Waals surface area contributed by atoms with Crippen molar-refractivity contribution >= 4 is 11.3 Å². The third-order valence-electron chi connectivity index (χ3n) is 3.47. The molecule has 0 aromatic carbocycles. The third kappa shape index (κ3) is 1.92. The Kier molecular flexibility index (Phi) is 2.79. The maximum atomic E-state index is 4.09. The van der Waals surface area contributed by atoms with E-state index < -0.39 is 0 Å². The van der Waals surface area contributed by atoms with Crippen molar-refractivity contribution in [2.75, 3.05) is 0 Å². The Morgan fingerprint density at radius 3 is 3.38 bits per heavy atom. The molecule has 1 aliphatic rings. The van der Waals surface area contributed by atoms with Gasteiger partial charge in [0.1, 0.15) is 0 Å². The van der Waals surface area contributed by atoms with Crippen molar-refractivity contribution in [1.29, 1.82) is 0 Å². The number of rotatable bonds is 3. The lowest BCUT2D eigenvalue weighted by Crippen LogP contribution is -2.09. The van der Waals surface area contributed by atoms with Crippen molar-refractivity contribution in [2.45, 2.75) is 38.1 Å². The summed E-state index contributed by atoms with van der Waals surface area (Å²) in [6.07, 6.45) is 11.1. The van der Waals surface area contributed by atoms with Gasteiger partial charge in [-0.25, -0.2) is 4.98 Å². The molecular weight excluding hydrogens is 216 g/mol. The van der Waals surface area contributed by atoms with Crippen LogP contribution in [0.4, 0.5) is 0 Å². The predicted octanol–water partition coefficient (Wildman–Crippen LogP) is 3.45. The van der Waals surface area contributed by atoms with Crippen LogP contribution < -0.4 is 0 Å². The van der Waals surface area contributed by atoms with Gasteiger partial charge in [-0.3, -0.25) is 0 Å². The highest BCUT2D eigenvalue weighted by Gasteiger charge is 2.20. The monoisotopic (exact) mass is 232 g/mol. The number of fused-ring (bicyclic) bond motifs is 1. The first-order valence-electron chi connectivity index (χ1n) is 5.95. The third-order valence-corrected chi connectivity index (χ3v) is 4.47. The first-order chi connectivity index (χ1) is 7.93. The van der Waals surface area contributed by atoms with Gasteiger partial charge in [-0.1, -0.05) is 0 Å². The minimum absolute atomic E-state index is 0.775. The van der Waals surface area contributed by atoms with Crippen molar-refractivity contribution < 1.29 is 0 Å². The molecule has 0 radical (unpaired) electrons. The molecule has 2 heterocycles. The molecule has 2 aromatic heterocycles. The van der Waals surface area contributed by atoms with Gasteiger partial charge in [0, 0.05) is 23.8 Å². The van der Waals surface area contributed by atoms with Crippen molar-refractivity contribution in [3.63, 3.8) is 0 Å². The molecule has 16 heavy (non-hydrogen) atoms. The van der Waals surface area contributed by atoms with E-state index in [0.29, 0.717) is 0 Å². The van der Waals surface area contributed by atoms with Crippen LogP contribution in [0.1, 0.15) is 35.6 Å². The lowest BCUT2D eigenvalue weighted by Gasteiger charge is -2.22. The van der Waals surface area contributed by atoms with Crippen LogP contribution in [-0.2, 0) is 13.0 Å². The average Bonchev–Trinajstić information content (AvgIpc) is 2.97. The molecule has 0 aliphatic heterocycles. The SMILES string of the molecule is c1cn(CC[C@H]2CCCc3sccc32)cn1. The second-order valence-corrected chi connectivity index (χ2v) is 5.48. The van der Waals surface area contributed by atoms with Crippen molar-refractivity contribution in [3.05, 3.63) is 40.6 Å². The highest BCUT2D eigenvalue weighted by atomic mass is 32.1. The topological polar surface area (TPSA) is 17.8 Å². The molecule has 0 unspecified atom stereocenters. The minimum Gasteiger partial charge on any atom is -0.337 e. The van der Waals surface area contributed by atoms with Crippen LogP contribution in [0.2, 0.25) is 0 Å². The number of imidazole rings is 1. The van der Waals surface area contributed by atoms with Crippen LogP contribution in [0.3, 0.4) is 0 Å². The Labute approximate surface area is 100.0 Å². The smallest absolute Gasteiger partial charge is 0.0945 e. The standard InChI is InChI=1S/C13H16N2S/c1-2-11(4-7-15-8-6-14-10-15)12-5-9-16-13(12)3-1/h5-6,8-11H,1-4,7H2/t11-/m1/s1. The lowest BCUT2D eigenvalue weighted by molar-refractivity contribution is 0.486. The summed E-state index contributed by atoms with van der Waals surface area (Å²) in [4.78, 5) is 5.71. The highest BCUT2D eigenvalue weighted by molar-refractivity contribution is 7.10. The Morgan fingerprint density at radius 2 is 2.50 bits per heavy atom. The van der Waals surface area contributed by atoms with Crippen molar-refractivity contribution in [1.82, 2.24) is 9.55 Å². The van der Waals surface area contributed by atoms with Crippen LogP contribution in [-0.4, -0.2) is 9.55 Å². The molecule has 0 N–H and O–H groups in total. The number of hydrogen-bond acceptors (Lipinski definition) is 2. The summed E-state index contributed by atoms with van der Waals surface area (Å²) in [5.74, 6) is 0.775. The Balaban J connectivity index is 1.69. The van der Waals surface area contributed by atoms with Gasteiger partial charge in [-0.2, -0.15) is 0 Å². The molecule has 3 heteroatoms. The van der Waals surface area contributed by atoms with Gasteiger partial charge in [0.2, 0.25) is 0 Å². The molecule has 0 fully saturated rings. The molecule has 0 saturated carbocycles. The summed E-state index contributed by atoms with van der Waals surface area (Å²) in [5.41, 5.74) is 1.62. The molecule has 0 amide bonds. The molecule has 2 aromatic rings. The lowest BCUT2D eigenvalue weighted by atomic mass is 9.85. The van der Waals surface area contributed by atoms with E-state index in [1.807, 2.05) is 23.9 Å². The van der Waals surface area contributed by atoms with Crippen LogP contribution in [0.25, 0.3) is 0 Å². The van der Waals surface area contributed by atoms with E-state index in [-0.39, 0.29) is 0 Å². The largest absolute Gasteiger partial charge is 0.337 e. The van der Waals surface area contributed by atoms with E-state index in [2.05, 4.69) is 27.2 Å². The molecule has 3 rings (SSSR count). The van der Waals surface area contributed by atoms with Crippen LogP contribution in [0.5, 0.6) is 0 Å². The molecular formula is C13H16N2S. The van der Waals surface area contributed by atoms with Gasteiger partial charge < -0.3 is 4.57 Å². The van der Waals surface area contributed by atoms with Gasteiger partial charge in [-0.05, 0) is 48.6 Å². The molecule has 1 aliphatic carbocycles. The zero-order valence-electron chi connectivity index (χ0n) is 9.30. The fraction of sp³-hybridized carbons (Fsp3) is 0.462. The normalized spacial score (nSPS) is 19.6. The zero-order chi connectivity index (χ0) is 10.8. The van der Waals surface area contributed by atoms with Crippen LogP contribution >= 0.6 is 11.3 Å². The van der Waals surface area contributed by atoms with E-state index in [1.165, 1.54) is 25.7 Å². The summed E-state index contributed by atoms with van der Waals surface area (Å²) >= 11 is 1.93. The fourth-order valence-electron chi connectivity index (χ4n) is 2.61. The number of thiophene rings is 1. The summed E-state index contributed by atoms with van der Waals surface area (Å²) in [7, 11) is 0. The first-order valence-corrected chi connectivity index (χ1v) is 6.83. The Morgan fingerprint density at radius 1 is 1.50 bits per heavy atom. The van der Waals surface area contributed by atoms with E-state index in [1.54, 1.807) is 10.4 Å². The number of nitrogens with zero attached hydrogens (tertiary/aromatic N) is 2. The first kappa shape index (κ1) is 10.1. The van der Waals surface area contributed by atoms with Crippen molar-refractivity contribution in [3.8, 4) is 0 Å². The maximum Gasteiger partial charge on any atom is 0.0945 e. The molecule has 84 valence electrons. The predicted molar refractivity (Wildman–Crippen MR) is 66.8 cm³/mol. The van der Waals surface area contributed by atoms with E-state index in [9.17, 15) is 0 Å². The number of hydrogen-bond donors (Lipinski definition) is 0. The van der Waals surface area contributed by atoms with Gasteiger partial charge >= 0.3 is 0 Å². The molecule has 0 bridgehead atoms. The molecule has 2 nitrogen and oxygen atoms in total. The maximum absolute atomic E-state index is 4.09. The van der Waals surface area contributed by atoms with Gasteiger partial charge in [0.05, 0.1) is 6.33 Å². The molecule has 1 atom stereocenters. The Bertz CT molecular complexity index is 444. The van der Waals surface area contributed by atoms with Gasteiger partial charge in [0.25, 0.3) is 0 Å². The number of aromatic nitrogens is 2. The van der Waals surface area contributed by atoms with E-state index in [0.717, 1.165) is 12.5 Å². The number of aryl methyl sites for hydroxylation is 2. The average molecular weight is 232 g/mol. The summed E-state index contributed by atoms with van der Waals surface area (Å²) in [6.45, 7) is 1.10. The summed E-state index contributed by atoms with van der Waals surface area (Å²) in [6, 6.07) is 2.33. The quantitative estimate of drug-likeness (QED) is 0.792. The summed E-state index contributed by atoms with van der Waals surface area (Å²) in [5, 5.41) is 2.25. The van der Waals surface area contributed by atoms with E-state index in [4.69, 9.17) is 0 Å². The Hall–Kier alpha value is -1.09. The van der Waals surface area contributed by atoms with Gasteiger partial charge in [-0.15, -0.1) is 11.3 Å². The molecule has 0 saturated heterocycles. The fourth-order valence-corrected chi connectivity index (χ4v) is 3.62. The van der Waals surface area contributed by atoms with E-state index >= 15 is 0 Å². The van der Waals surface area contributed by atoms with Crippen molar-refractivity contribution in [2.24, 2.45) is 0 Å². The van der Waals surface area contributed by atoms with Crippen LogP contribution in [0.15, 0.2) is 30.2 Å². The highest BCUT2D eigenvalue weighted by Crippen LogP contribution is 2.37. The van der Waals surface area contributed by atoms with Crippen LogP contribution in [0, 0.1) is 0 Å².